The monoisotopic (exact) mass is 379 g/mol. The Labute approximate surface area is 156 Å². The number of nitrogens with one attached hydrogen (secondary N) is 1. The molecule has 26 heavy (non-hydrogen) atoms. The number of carbonyl (C=O) groups excluding carboxylic acids is 1. The lowest BCUT2D eigenvalue weighted by Gasteiger charge is -2.33. The van der Waals surface area contributed by atoms with Crippen LogP contribution < -0.4 is 5.32 Å². The third-order valence-corrected chi connectivity index (χ3v) is 6.24. The molecule has 1 aromatic rings. The van der Waals surface area contributed by atoms with E-state index >= 15 is 0 Å². The van der Waals surface area contributed by atoms with Crippen LogP contribution in [0.15, 0.2) is 35.7 Å². The normalized spacial score (nSPS) is 18.3. The lowest BCUT2D eigenvalue weighted by molar-refractivity contribution is -0.123. The number of hydrogen-bond donors (Lipinski definition) is 1. The number of hydrogen-bond acceptors (Lipinski definition) is 4. The van der Waals surface area contributed by atoms with Gasteiger partial charge < -0.3 is 5.32 Å². The molecule has 1 aromatic carbocycles. The highest BCUT2D eigenvalue weighted by Crippen LogP contribution is 2.11. The van der Waals surface area contributed by atoms with Gasteiger partial charge in [-0.3, -0.25) is 9.69 Å². The molecule has 1 atom stereocenters. The van der Waals surface area contributed by atoms with Gasteiger partial charge in [0, 0.05) is 37.6 Å². The summed E-state index contributed by atoms with van der Waals surface area (Å²) in [7, 11) is -3.44. The summed E-state index contributed by atoms with van der Waals surface area (Å²) in [5, 5.41) is 4.24. The van der Waals surface area contributed by atoms with E-state index in [-0.39, 0.29) is 11.9 Å². The molecule has 0 bridgehead atoms. The summed E-state index contributed by atoms with van der Waals surface area (Å²) in [5.41, 5.74) is 0.852. The van der Waals surface area contributed by atoms with Crippen LogP contribution in [-0.4, -0.2) is 62.3 Å². The Morgan fingerprint density at radius 1 is 1.12 bits per heavy atom. The smallest absolute Gasteiger partial charge is 0.236 e. The van der Waals surface area contributed by atoms with Gasteiger partial charge >= 0.3 is 0 Å². The maximum Gasteiger partial charge on any atom is 0.236 e. The van der Waals surface area contributed by atoms with Gasteiger partial charge in [-0.1, -0.05) is 44.2 Å². The van der Waals surface area contributed by atoms with Gasteiger partial charge in [0.15, 0.2) is 0 Å². The zero-order chi connectivity index (χ0) is 19.2. The van der Waals surface area contributed by atoms with Gasteiger partial charge in [0.25, 0.3) is 0 Å². The molecule has 1 heterocycles. The number of sulfonamides is 1. The SMILES string of the molecule is CC(C)[C@H](C)NC(=O)CN1CCN(S(=O)(=O)/C=C/c2ccccc2)CC1. The van der Waals surface area contributed by atoms with Gasteiger partial charge in [-0.05, 0) is 24.5 Å². The lowest BCUT2D eigenvalue weighted by atomic mass is 10.1. The topological polar surface area (TPSA) is 69.7 Å². The molecule has 0 aliphatic carbocycles. The molecule has 0 spiro atoms. The molecule has 2 rings (SSSR count). The third kappa shape index (κ3) is 6.23. The van der Waals surface area contributed by atoms with Crippen LogP contribution in [0.1, 0.15) is 26.3 Å². The fourth-order valence-corrected chi connectivity index (χ4v) is 3.80. The summed E-state index contributed by atoms with van der Waals surface area (Å²) >= 11 is 0. The molecular formula is C19H29N3O3S. The van der Waals surface area contributed by atoms with Crippen molar-refractivity contribution in [3.8, 4) is 0 Å². The molecule has 6 nitrogen and oxygen atoms in total. The minimum atomic E-state index is -3.44. The third-order valence-electron chi connectivity index (χ3n) is 4.68. The van der Waals surface area contributed by atoms with Crippen molar-refractivity contribution in [3.63, 3.8) is 0 Å². The minimum absolute atomic E-state index is 0.00789. The molecule has 1 saturated heterocycles. The van der Waals surface area contributed by atoms with E-state index < -0.39 is 10.0 Å². The van der Waals surface area contributed by atoms with Crippen LogP contribution in [0.5, 0.6) is 0 Å². The molecule has 0 unspecified atom stereocenters. The zero-order valence-electron chi connectivity index (χ0n) is 15.8. The Bertz CT molecular complexity index is 709. The van der Waals surface area contributed by atoms with Crippen LogP contribution in [0.25, 0.3) is 6.08 Å². The molecule has 1 fully saturated rings. The second kappa shape index (κ2) is 9.30. The Hall–Kier alpha value is -1.70. The van der Waals surface area contributed by atoms with Crippen molar-refractivity contribution in [2.24, 2.45) is 5.92 Å². The first kappa shape index (κ1) is 20.6. The van der Waals surface area contributed by atoms with Crippen molar-refractivity contribution in [2.75, 3.05) is 32.7 Å². The van der Waals surface area contributed by atoms with Gasteiger partial charge in [-0.2, -0.15) is 4.31 Å². The van der Waals surface area contributed by atoms with E-state index in [1.165, 1.54) is 9.71 Å². The van der Waals surface area contributed by atoms with Crippen LogP contribution in [0.3, 0.4) is 0 Å². The summed E-state index contributed by atoms with van der Waals surface area (Å²) in [6.07, 6.45) is 1.61. The number of rotatable bonds is 7. The Morgan fingerprint density at radius 2 is 1.73 bits per heavy atom. The quantitative estimate of drug-likeness (QED) is 0.784. The van der Waals surface area contributed by atoms with Crippen LogP contribution in [0.4, 0.5) is 0 Å². The summed E-state index contributed by atoms with van der Waals surface area (Å²) in [4.78, 5) is 14.1. The number of piperazine rings is 1. The zero-order valence-corrected chi connectivity index (χ0v) is 16.6. The number of benzene rings is 1. The number of nitrogens with zero attached hydrogens (tertiary/aromatic N) is 2. The first-order valence-electron chi connectivity index (χ1n) is 9.03. The molecule has 0 aromatic heterocycles. The maximum atomic E-state index is 12.4. The van der Waals surface area contributed by atoms with Crippen molar-refractivity contribution in [2.45, 2.75) is 26.8 Å². The second-order valence-electron chi connectivity index (χ2n) is 7.03. The standard InChI is InChI=1S/C19H29N3O3S/c1-16(2)17(3)20-19(23)15-21-10-12-22(13-11-21)26(24,25)14-9-18-7-5-4-6-8-18/h4-9,14,16-17H,10-13,15H2,1-3H3,(H,20,23)/b14-9+/t17-/m0/s1. The molecule has 0 radical (unpaired) electrons. The predicted octanol–water partition coefficient (Wildman–Crippen LogP) is 1.77. The maximum absolute atomic E-state index is 12.4. The summed E-state index contributed by atoms with van der Waals surface area (Å²) in [5.74, 6) is 0.379. The largest absolute Gasteiger partial charge is 0.352 e. The van der Waals surface area contributed by atoms with Crippen molar-refractivity contribution in [1.82, 2.24) is 14.5 Å². The van der Waals surface area contributed by atoms with Gasteiger partial charge in [-0.15, -0.1) is 0 Å². The summed E-state index contributed by atoms with van der Waals surface area (Å²) < 4.78 is 26.4. The molecule has 1 amide bonds. The molecule has 1 aliphatic heterocycles. The molecule has 144 valence electrons. The highest BCUT2D eigenvalue weighted by Gasteiger charge is 2.26. The van der Waals surface area contributed by atoms with Gasteiger partial charge in [-0.25, -0.2) is 8.42 Å². The van der Waals surface area contributed by atoms with Gasteiger partial charge in [0.2, 0.25) is 15.9 Å². The van der Waals surface area contributed by atoms with Crippen LogP contribution >= 0.6 is 0 Å². The fraction of sp³-hybridized carbons (Fsp3) is 0.526. The second-order valence-corrected chi connectivity index (χ2v) is 8.85. The van der Waals surface area contributed by atoms with E-state index in [4.69, 9.17) is 0 Å². The first-order chi connectivity index (χ1) is 12.3. The van der Waals surface area contributed by atoms with E-state index in [1.54, 1.807) is 6.08 Å². The molecule has 0 saturated carbocycles. The molecule has 1 aliphatic rings. The highest BCUT2D eigenvalue weighted by molar-refractivity contribution is 7.92. The minimum Gasteiger partial charge on any atom is -0.352 e. The van der Waals surface area contributed by atoms with Crippen molar-refractivity contribution in [1.29, 1.82) is 0 Å². The van der Waals surface area contributed by atoms with Crippen LogP contribution in [0, 0.1) is 5.92 Å². The van der Waals surface area contributed by atoms with E-state index in [2.05, 4.69) is 19.2 Å². The van der Waals surface area contributed by atoms with E-state index in [0.29, 0.717) is 38.6 Å². The fourth-order valence-electron chi connectivity index (χ4n) is 2.63. The predicted molar refractivity (Wildman–Crippen MR) is 105 cm³/mol. The van der Waals surface area contributed by atoms with Gasteiger partial charge in [0.05, 0.1) is 6.54 Å². The molecule has 1 N–H and O–H groups in total. The van der Waals surface area contributed by atoms with Crippen molar-refractivity contribution < 1.29 is 13.2 Å². The average Bonchev–Trinajstić information content (AvgIpc) is 2.61. The van der Waals surface area contributed by atoms with Crippen molar-refractivity contribution in [3.05, 3.63) is 41.3 Å². The molecular weight excluding hydrogens is 350 g/mol. The van der Waals surface area contributed by atoms with E-state index in [1.807, 2.05) is 42.2 Å². The average molecular weight is 380 g/mol. The number of amides is 1. The first-order valence-corrected chi connectivity index (χ1v) is 10.5. The Morgan fingerprint density at radius 3 is 2.31 bits per heavy atom. The lowest BCUT2D eigenvalue weighted by Crippen LogP contribution is -2.51. The summed E-state index contributed by atoms with van der Waals surface area (Å²) in [6, 6.07) is 9.49. The summed E-state index contributed by atoms with van der Waals surface area (Å²) in [6.45, 7) is 8.35. The number of carbonyl (C=O) groups is 1. The van der Waals surface area contributed by atoms with E-state index in [0.717, 1.165) is 5.56 Å². The van der Waals surface area contributed by atoms with Crippen LogP contribution in [0.2, 0.25) is 0 Å². The van der Waals surface area contributed by atoms with Crippen molar-refractivity contribution >= 4 is 22.0 Å². The molecule has 7 heteroatoms. The Balaban J connectivity index is 1.83. The van der Waals surface area contributed by atoms with E-state index in [9.17, 15) is 13.2 Å². The van der Waals surface area contributed by atoms with Gasteiger partial charge in [0.1, 0.15) is 0 Å². The highest BCUT2D eigenvalue weighted by atomic mass is 32.2. The Kier molecular flexibility index (Phi) is 7.37. The van der Waals surface area contributed by atoms with Crippen LogP contribution in [-0.2, 0) is 14.8 Å².